The van der Waals surface area contributed by atoms with Gasteiger partial charge in [-0.3, -0.25) is 4.79 Å². The number of methoxy groups -OCH3 is 1. The topological polar surface area (TPSA) is 96.5 Å². The summed E-state index contributed by atoms with van der Waals surface area (Å²) in [5.41, 5.74) is 6.83. The van der Waals surface area contributed by atoms with E-state index in [4.69, 9.17) is 0 Å². The van der Waals surface area contributed by atoms with Crippen molar-refractivity contribution >= 4 is 18.2 Å². The average Bonchev–Trinajstić information content (AvgIpc) is 2.69. The summed E-state index contributed by atoms with van der Waals surface area (Å²) >= 11 is 0. The van der Waals surface area contributed by atoms with Gasteiger partial charge in [0, 0.05) is 13.0 Å². The highest BCUT2D eigenvalue weighted by Gasteiger charge is 2.08. The SMILES string of the molecule is COC(=O)NCCCCCCCC(=O)CNN[C@H](C=O)Cc1ccccc1. The van der Waals surface area contributed by atoms with Gasteiger partial charge in [-0.2, -0.15) is 0 Å². The molecule has 0 saturated carbocycles. The van der Waals surface area contributed by atoms with Crippen molar-refractivity contribution in [1.82, 2.24) is 16.2 Å². The molecule has 0 fully saturated rings. The number of carbonyl (C=O) groups is 3. The highest BCUT2D eigenvalue weighted by atomic mass is 16.5. The van der Waals surface area contributed by atoms with Crippen LogP contribution >= 0.6 is 0 Å². The lowest BCUT2D eigenvalue weighted by Gasteiger charge is -2.13. The number of benzene rings is 1. The molecular weight excluding hydrogens is 346 g/mol. The van der Waals surface area contributed by atoms with Crippen LogP contribution in [0.1, 0.15) is 44.1 Å². The lowest BCUT2D eigenvalue weighted by molar-refractivity contribution is -0.119. The van der Waals surface area contributed by atoms with Crippen molar-refractivity contribution in [2.24, 2.45) is 0 Å². The van der Waals surface area contributed by atoms with Crippen LogP contribution in [-0.2, 0) is 20.7 Å². The van der Waals surface area contributed by atoms with E-state index >= 15 is 0 Å². The lowest BCUT2D eigenvalue weighted by Crippen LogP contribution is -2.45. The molecule has 0 aliphatic heterocycles. The van der Waals surface area contributed by atoms with Crippen molar-refractivity contribution in [2.75, 3.05) is 20.2 Å². The molecule has 0 aliphatic carbocycles. The molecule has 1 atom stereocenters. The third kappa shape index (κ3) is 11.9. The number of nitrogens with one attached hydrogen (secondary N) is 3. The Morgan fingerprint density at radius 3 is 2.48 bits per heavy atom. The average molecular weight is 377 g/mol. The molecular formula is C20H31N3O4. The first-order chi connectivity index (χ1) is 13.2. The van der Waals surface area contributed by atoms with E-state index in [0.717, 1.165) is 44.0 Å². The summed E-state index contributed by atoms with van der Waals surface area (Å²) in [6.45, 7) is 0.824. The zero-order valence-electron chi connectivity index (χ0n) is 16.0. The maximum atomic E-state index is 11.9. The second-order valence-corrected chi connectivity index (χ2v) is 6.40. The minimum absolute atomic E-state index is 0.124. The molecule has 1 amide bonds. The molecule has 0 unspecified atom stereocenters. The Labute approximate surface area is 161 Å². The summed E-state index contributed by atoms with van der Waals surface area (Å²) in [6.07, 6.45) is 6.35. The maximum absolute atomic E-state index is 11.9. The Bertz CT molecular complexity index is 551. The van der Waals surface area contributed by atoms with E-state index in [2.05, 4.69) is 20.9 Å². The van der Waals surface area contributed by atoms with Crippen LogP contribution in [0.15, 0.2) is 30.3 Å². The number of hydrogen-bond donors (Lipinski definition) is 3. The predicted octanol–water partition coefficient (Wildman–Crippen LogP) is 2.16. The molecule has 3 N–H and O–H groups in total. The molecule has 0 bridgehead atoms. The number of ether oxygens (including phenoxy) is 1. The number of unbranched alkanes of at least 4 members (excludes halogenated alkanes) is 4. The molecule has 1 aromatic carbocycles. The van der Waals surface area contributed by atoms with Gasteiger partial charge in [0.1, 0.15) is 12.1 Å². The van der Waals surface area contributed by atoms with Crippen LogP contribution in [0.4, 0.5) is 4.79 Å². The summed E-state index contributed by atoms with van der Waals surface area (Å²) in [4.78, 5) is 33.9. The molecule has 0 aliphatic rings. The van der Waals surface area contributed by atoms with Gasteiger partial charge in [-0.15, -0.1) is 0 Å². The second-order valence-electron chi connectivity index (χ2n) is 6.40. The Morgan fingerprint density at radius 2 is 1.78 bits per heavy atom. The first-order valence-electron chi connectivity index (χ1n) is 9.47. The van der Waals surface area contributed by atoms with Crippen molar-refractivity contribution in [2.45, 2.75) is 51.0 Å². The minimum atomic E-state index is -0.401. The predicted molar refractivity (Wildman–Crippen MR) is 104 cm³/mol. The van der Waals surface area contributed by atoms with E-state index in [0.29, 0.717) is 19.4 Å². The summed E-state index contributed by atoms with van der Waals surface area (Å²) in [5, 5.41) is 2.64. The number of alkyl carbamates (subject to hydrolysis) is 1. The molecule has 1 rings (SSSR count). The van der Waals surface area contributed by atoms with Crippen LogP contribution in [0.3, 0.4) is 0 Å². The van der Waals surface area contributed by atoms with E-state index in [9.17, 15) is 14.4 Å². The van der Waals surface area contributed by atoms with Gasteiger partial charge in [0.15, 0.2) is 0 Å². The quantitative estimate of drug-likeness (QED) is 0.246. The molecule has 0 spiro atoms. The van der Waals surface area contributed by atoms with Crippen molar-refractivity contribution in [3.8, 4) is 0 Å². The number of aldehydes is 1. The van der Waals surface area contributed by atoms with Gasteiger partial charge in [0.2, 0.25) is 0 Å². The first kappa shape index (κ1) is 22.8. The van der Waals surface area contributed by atoms with Gasteiger partial charge in [-0.1, -0.05) is 49.6 Å². The fourth-order valence-corrected chi connectivity index (χ4v) is 2.61. The van der Waals surface area contributed by atoms with Gasteiger partial charge < -0.3 is 14.8 Å². The van der Waals surface area contributed by atoms with Gasteiger partial charge >= 0.3 is 6.09 Å². The van der Waals surface area contributed by atoms with Crippen LogP contribution in [-0.4, -0.2) is 44.4 Å². The van der Waals surface area contributed by atoms with Crippen molar-refractivity contribution < 1.29 is 19.1 Å². The van der Waals surface area contributed by atoms with Crippen LogP contribution in [0.25, 0.3) is 0 Å². The molecule has 27 heavy (non-hydrogen) atoms. The van der Waals surface area contributed by atoms with Gasteiger partial charge in [0.25, 0.3) is 0 Å². The monoisotopic (exact) mass is 377 g/mol. The number of hydrogen-bond acceptors (Lipinski definition) is 6. The summed E-state index contributed by atoms with van der Waals surface area (Å²) in [5.74, 6) is 0.124. The molecule has 0 saturated heterocycles. The zero-order valence-corrected chi connectivity index (χ0v) is 16.0. The summed E-state index contributed by atoms with van der Waals surface area (Å²) in [6, 6.07) is 9.37. The largest absolute Gasteiger partial charge is 0.453 e. The number of ketones is 1. The van der Waals surface area contributed by atoms with Gasteiger partial charge in [-0.05, 0) is 24.8 Å². The number of hydrazine groups is 1. The molecule has 0 radical (unpaired) electrons. The van der Waals surface area contributed by atoms with E-state index in [1.165, 1.54) is 7.11 Å². The summed E-state index contributed by atoms with van der Waals surface area (Å²) in [7, 11) is 1.35. The second kappa shape index (κ2) is 14.9. The van der Waals surface area contributed by atoms with Crippen LogP contribution in [0.2, 0.25) is 0 Å². The molecule has 150 valence electrons. The van der Waals surface area contributed by atoms with E-state index in [1.54, 1.807) is 0 Å². The van der Waals surface area contributed by atoms with Crippen molar-refractivity contribution in [1.29, 1.82) is 0 Å². The van der Waals surface area contributed by atoms with Crippen molar-refractivity contribution in [3.63, 3.8) is 0 Å². The van der Waals surface area contributed by atoms with Crippen LogP contribution < -0.4 is 16.2 Å². The Balaban J connectivity index is 2.00. The third-order valence-electron chi connectivity index (χ3n) is 4.12. The highest BCUT2D eigenvalue weighted by molar-refractivity contribution is 5.80. The fraction of sp³-hybridized carbons (Fsp3) is 0.550. The van der Waals surface area contributed by atoms with Crippen LogP contribution in [0, 0.1) is 0 Å². The number of Topliss-reactive ketones (excluding diaryl/α,β-unsaturated/α-hetero) is 1. The Hall–Kier alpha value is -2.25. The number of rotatable bonds is 15. The summed E-state index contributed by atoms with van der Waals surface area (Å²) < 4.78 is 4.49. The molecule has 0 heterocycles. The smallest absolute Gasteiger partial charge is 0.406 e. The van der Waals surface area contributed by atoms with Gasteiger partial charge in [-0.25, -0.2) is 15.6 Å². The molecule has 1 aromatic rings. The standard InChI is InChI=1S/C20H31N3O4/c1-27-20(26)21-13-9-4-2-3-8-12-19(25)15-22-23-18(16-24)14-17-10-6-5-7-11-17/h5-7,10-11,16,18,22-23H,2-4,8-9,12-15H2,1H3,(H,21,26)/t18-/m0/s1. The van der Waals surface area contributed by atoms with Crippen LogP contribution in [0.5, 0.6) is 0 Å². The maximum Gasteiger partial charge on any atom is 0.406 e. The molecule has 0 aromatic heterocycles. The Kier molecular flexibility index (Phi) is 12.6. The highest BCUT2D eigenvalue weighted by Crippen LogP contribution is 2.05. The van der Waals surface area contributed by atoms with E-state index < -0.39 is 6.09 Å². The number of carbonyl (C=O) groups excluding carboxylic acids is 3. The van der Waals surface area contributed by atoms with E-state index in [-0.39, 0.29) is 18.4 Å². The zero-order chi connectivity index (χ0) is 19.7. The number of amides is 1. The lowest BCUT2D eigenvalue weighted by atomic mass is 10.1. The van der Waals surface area contributed by atoms with Gasteiger partial charge in [0.05, 0.1) is 19.7 Å². The first-order valence-corrected chi connectivity index (χ1v) is 9.47. The fourth-order valence-electron chi connectivity index (χ4n) is 2.61. The normalized spacial score (nSPS) is 11.6. The Morgan fingerprint density at radius 1 is 1.07 bits per heavy atom. The molecule has 7 nitrogen and oxygen atoms in total. The molecule has 7 heteroatoms. The third-order valence-corrected chi connectivity index (χ3v) is 4.12. The van der Waals surface area contributed by atoms with Crippen molar-refractivity contribution in [3.05, 3.63) is 35.9 Å². The minimum Gasteiger partial charge on any atom is -0.453 e. The van der Waals surface area contributed by atoms with E-state index in [1.807, 2.05) is 30.3 Å².